The zero-order valence-corrected chi connectivity index (χ0v) is 17.7. The molecule has 0 aliphatic carbocycles. The molecule has 2 aromatic carbocycles. The number of hydrogen-bond acceptors (Lipinski definition) is 4. The molecular formula is C21H29NO4S. The van der Waals surface area contributed by atoms with E-state index in [1.807, 2.05) is 45.9 Å². The fourth-order valence-corrected chi connectivity index (χ4v) is 4.43. The number of methoxy groups -OCH3 is 2. The zero-order chi connectivity index (χ0) is 20.2. The van der Waals surface area contributed by atoms with Gasteiger partial charge in [-0.2, -0.15) is 0 Å². The average Bonchev–Trinajstić information content (AvgIpc) is 2.65. The van der Waals surface area contributed by atoms with Crippen LogP contribution in [0.25, 0.3) is 0 Å². The van der Waals surface area contributed by atoms with Gasteiger partial charge in [0, 0.05) is 6.04 Å². The summed E-state index contributed by atoms with van der Waals surface area (Å²) >= 11 is 0. The van der Waals surface area contributed by atoms with Crippen LogP contribution in [-0.2, 0) is 10.0 Å². The van der Waals surface area contributed by atoms with Gasteiger partial charge in [-0.1, -0.05) is 32.9 Å². The maximum atomic E-state index is 13.0. The molecular weight excluding hydrogens is 362 g/mol. The molecule has 1 N–H and O–H groups in total. The van der Waals surface area contributed by atoms with Crippen LogP contribution in [0.3, 0.4) is 0 Å². The number of benzene rings is 2. The lowest BCUT2D eigenvalue weighted by atomic mass is 10.0. The molecule has 0 aliphatic rings. The topological polar surface area (TPSA) is 64.6 Å². The normalized spacial score (nSPS) is 12.9. The van der Waals surface area contributed by atoms with Crippen molar-refractivity contribution in [1.82, 2.24) is 4.72 Å². The highest BCUT2D eigenvalue weighted by Gasteiger charge is 2.22. The number of hydrogen-bond donors (Lipinski definition) is 1. The summed E-state index contributed by atoms with van der Waals surface area (Å²) in [5.74, 6) is 1.64. The predicted octanol–water partition coefficient (Wildman–Crippen LogP) is 4.57. The average molecular weight is 392 g/mol. The van der Waals surface area contributed by atoms with E-state index >= 15 is 0 Å². The molecule has 2 rings (SSSR count). The minimum atomic E-state index is -3.67. The van der Waals surface area contributed by atoms with Crippen molar-refractivity contribution in [3.8, 4) is 11.5 Å². The highest BCUT2D eigenvalue weighted by Crippen LogP contribution is 2.30. The number of aryl methyl sites for hydroxylation is 1. The number of nitrogens with one attached hydrogen (secondary N) is 1. The van der Waals surface area contributed by atoms with Crippen molar-refractivity contribution in [2.45, 2.75) is 51.0 Å². The summed E-state index contributed by atoms with van der Waals surface area (Å²) in [6.45, 7) is 7.93. The van der Waals surface area contributed by atoms with Crippen molar-refractivity contribution in [3.63, 3.8) is 0 Å². The van der Waals surface area contributed by atoms with Gasteiger partial charge in [-0.3, -0.25) is 0 Å². The van der Waals surface area contributed by atoms with E-state index in [1.54, 1.807) is 32.4 Å². The summed E-state index contributed by atoms with van der Waals surface area (Å²) in [7, 11) is -0.453. The van der Waals surface area contributed by atoms with Crippen molar-refractivity contribution in [2.24, 2.45) is 0 Å². The Kier molecular flexibility index (Phi) is 6.89. The maximum absolute atomic E-state index is 13.0. The summed E-state index contributed by atoms with van der Waals surface area (Å²) in [5.41, 5.74) is 2.75. The van der Waals surface area contributed by atoms with E-state index in [9.17, 15) is 8.42 Å². The van der Waals surface area contributed by atoms with E-state index in [-0.39, 0.29) is 16.9 Å². The van der Waals surface area contributed by atoms with E-state index in [0.717, 1.165) is 22.4 Å². The highest BCUT2D eigenvalue weighted by molar-refractivity contribution is 7.89. The smallest absolute Gasteiger partial charge is 0.241 e. The van der Waals surface area contributed by atoms with Gasteiger partial charge in [-0.05, 0) is 60.2 Å². The van der Waals surface area contributed by atoms with Gasteiger partial charge in [-0.25, -0.2) is 13.1 Å². The maximum Gasteiger partial charge on any atom is 0.241 e. The fraction of sp³-hybridized carbons (Fsp3) is 0.429. The molecule has 5 nitrogen and oxygen atoms in total. The fourth-order valence-electron chi connectivity index (χ4n) is 3.09. The molecule has 0 bridgehead atoms. The lowest BCUT2D eigenvalue weighted by Gasteiger charge is -2.20. The molecule has 0 aliphatic heterocycles. The molecule has 0 radical (unpaired) electrons. The van der Waals surface area contributed by atoms with E-state index in [1.165, 1.54) is 0 Å². The Morgan fingerprint density at radius 3 is 2.15 bits per heavy atom. The summed E-state index contributed by atoms with van der Waals surface area (Å²) < 4.78 is 39.4. The summed E-state index contributed by atoms with van der Waals surface area (Å²) in [6.07, 6.45) is 0.637. The Morgan fingerprint density at radius 2 is 1.63 bits per heavy atom. The first-order chi connectivity index (χ1) is 12.7. The SMILES string of the molecule is CCC(NS(=O)(=O)c1ccc(OC)c(C(C)C)c1)c1ccc(OC)c(C)c1. The Labute approximate surface area is 162 Å². The van der Waals surface area contributed by atoms with Crippen molar-refractivity contribution >= 4 is 10.0 Å². The molecule has 27 heavy (non-hydrogen) atoms. The Bertz CT molecular complexity index is 891. The van der Waals surface area contributed by atoms with Crippen molar-refractivity contribution in [3.05, 3.63) is 53.1 Å². The van der Waals surface area contributed by atoms with Crippen LogP contribution in [0.5, 0.6) is 11.5 Å². The molecule has 0 aromatic heterocycles. The van der Waals surface area contributed by atoms with E-state index in [0.29, 0.717) is 12.2 Å². The molecule has 0 heterocycles. The van der Waals surface area contributed by atoms with Crippen LogP contribution >= 0.6 is 0 Å². The Balaban J connectivity index is 2.36. The van der Waals surface area contributed by atoms with Gasteiger partial charge in [0.2, 0.25) is 10.0 Å². The number of sulfonamides is 1. The van der Waals surface area contributed by atoms with Gasteiger partial charge in [0.1, 0.15) is 11.5 Å². The Morgan fingerprint density at radius 1 is 1.00 bits per heavy atom. The first kappa shape index (κ1) is 21.3. The van der Waals surface area contributed by atoms with Crippen LogP contribution in [0.15, 0.2) is 41.3 Å². The van der Waals surface area contributed by atoms with Gasteiger partial charge >= 0.3 is 0 Å². The second-order valence-corrected chi connectivity index (χ2v) is 8.58. The second kappa shape index (κ2) is 8.76. The van der Waals surface area contributed by atoms with Gasteiger partial charge in [0.25, 0.3) is 0 Å². The van der Waals surface area contributed by atoms with Crippen LogP contribution < -0.4 is 14.2 Å². The second-order valence-electron chi connectivity index (χ2n) is 6.87. The lowest BCUT2D eigenvalue weighted by Crippen LogP contribution is -2.28. The largest absolute Gasteiger partial charge is 0.496 e. The van der Waals surface area contributed by atoms with Gasteiger partial charge in [0.15, 0.2) is 0 Å². The molecule has 0 spiro atoms. The van der Waals surface area contributed by atoms with E-state index in [4.69, 9.17) is 9.47 Å². The number of rotatable bonds is 8. The summed E-state index contributed by atoms with van der Waals surface area (Å²) in [5, 5.41) is 0. The molecule has 6 heteroatoms. The number of ether oxygens (including phenoxy) is 2. The first-order valence-electron chi connectivity index (χ1n) is 9.08. The standard InChI is InChI=1S/C21H29NO4S/c1-7-19(16-8-10-20(25-5)15(4)12-16)22-27(23,24)17-9-11-21(26-6)18(13-17)14(2)3/h8-14,19,22H,7H2,1-6H3. The quantitative estimate of drug-likeness (QED) is 0.716. The van der Waals surface area contributed by atoms with Gasteiger partial charge in [-0.15, -0.1) is 0 Å². The third-order valence-electron chi connectivity index (χ3n) is 4.66. The molecule has 2 aromatic rings. The minimum Gasteiger partial charge on any atom is -0.496 e. The molecule has 0 saturated heterocycles. The summed E-state index contributed by atoms with van der Waals surface area (Å²) in [6, 6.07) is 10.4. The van der Waals surface area contributed by atoms with Crippen molar-refractivity contribution in [1.29, 1.82) is 0 Å². The molecule has 0 saturated carbocycles. The van der Waals surface area contributed by atoms with Crippen LogP contribution in [-0.4, -0.2) is 22.6 Å². The first-order valence-corrected chi connectivity index (χ1v) is 10.6. The van der Waals surface area contributed by atoms with Gasteiger partial charge in [0.05, 0.1) is 19.1 Å². The van der Waals surface area contributed by atoms with Crippen LogP contribution in [0.1, 0.15) is 55.8 Å². The zero-order valence-electron chi connectivity index (χ0n) is 16.9. The molecule has 0 amide bonds. The van der Waals surface area contributed by atoms with Crippen LogP contribution in [0.4, 0.5) is 0 Å². The molecule has 1 atom stereocenters. The summed E-state index contributed by atoms with van der Waals surface area (Å²) in [4.78, 5) is 0.246. The minimum absolute atomic E-state index is 0.154. The lowest BCUT2D eigenvalue weighted by molar-refractivity contribution is 0.407. The van der Waals surface area contributed by atoms with Crippen LogP contribution in [0.2, 0.25) is 0 Å². The predicted molar refractivity (Wildman–Crippen MR) is 108 cm³/mol. The van der Waals surface area contributed by atoms with Crippen molar-refractivity contribution in [2.75, 3.05) is 14.2 Å². The van der Waals surface area contributed by atoms with Crippen LogP contribution in [0, 0.1) is 6.92 Å². The molecule has 148 valence electrons. The third-order valence-corrected chi connectivity index (χ3v) is 6.13. The molecule has 1 unspecified atom stereocenters. The molecule has 0 fully saturated rings. The highest BCUT2D eigenvalue weighted by atomic mass is 32.2. The third kappa shape index (κ3) is 4.82. The van der Waals surface area contributed by atoms with Crippen molar-refractivity contribution < 1.29 is 17.9 Å². The monoisotopic (exact) mass is 391 g/mol. The van der Waals surface area contributed by atoms with E-state index in [2.05, 4.69) is 4.72 Å². The Hall–Kier alpha value is -2.05. The van der Waals surface area contributed by atoms with E-state index < -0.39 is 10.0 Å². The van der Waals surface area contributed by atoms with Gasteiger partial charge < -0.3 is 9.47 Å².